The molecule has 0 bridgehead atoms. The van der Waals surface area contributed by atoms with Gasteiger partial charge in [0.05, 0.1) is 38.9 Å². The van der Waals surface area contributed by atoms with Crippen molar-refractivity contribution in [2.24, 2.45) is 0 Å². The number of hydrogen-bond acceptors (Lipinski definition) is 8. The third-order valence-corrected chi connectivity index (χ3v) is 5.59. The molecule has 1 amide bonds. The van der Waals surface area contributed by atoms with Crippen molar-refractivity contribution < 1.29 is 18.8 Å². The van der Waals surface area contributed by atoms with E-state index in [0.29, 0.717) is 25.4 Å². The summed E-state index contributed by atoms with van der Waals surface area (Å²) < 4.78 is 16.3. The number of piperidine rings is 1. The standard InChI is InChI=1S/C18H29N5O4/c24-17-2-1-15(13-23(17)4-3-21-5-9-25-10-6-21)18-19-16(20-27-18)14-22-7-11-26-12-8-22/h15H,1-14H2/t15-/m1/s1. The summed E-state index contributed by atoms with van der Waals surface area (Å²) in [5.74, 6) is 1.76. The van der Waals surface area contributed by atoms with Gasteiger partial charge in [-0.1, -0.05) is 5.16 Å². The molecular formula is C18H29N5O4. The van der Waals surface area contributed by atoms with Crippen molar-refractivity contribution in [1.29, 1.82) is 0 Å². The zero-order valence-corrected chi connectivity index (χ0v) is 15.8. The molecule has 1 aromatic rings. The van der Waals surface area contributed by atoms with E-state index in [4.69, 9.17) is 14.0 Å². The van der Waals surface area contributed by atoms with Gasteiger partial charge in [0.2, 0.25) is 11.8 Å². The number of carbonyl (C=O) groups excluding carboxylic acids is 1. The molecule has 0 aromatic carbocycles. The summed E-state index contributed by atoms with van der Waals surface area (Å²) in [5.41, 5.74) is 0. The topological polar surface area (TPSA) is 84.2 Å². The molecule has 3 aliphatic rings. The molecule has 1 aromatic heterocycles. The van der Waals surface area contributed by atoms with Crippen molar-refractivity contribution in [3.05, 3.63) is 11.7 Å². The lowest BCUT2D eigenvalue weighted by atomic mass is 9.97. The molecular weight excluding hydrogens is 350 g/mol. The van der Waals surface area contributed by atoms with Crippen LogP contribution in [0.3, 0.4) is 0 Å². The van der Waals surface area contributed by atoms with Gasteiger partial charge in [0.25, 0.3) is 0 Å². The van der Waals surface area contributed by atoms with Gasteiger partial charge in [-0.15, -0.1) is 0 Å². The fourth-order valence-electron chi connectivity index (χ4n) is 3.88. The van der Waals surface area contributed by atoms with Crippen molar-refractivity contribution in [2.45, 2.75) is 25.3 Å². The molecule has 0 aliphatic carbocycles. The first kappa shape index (κ1) is 18.8. The van der Waals surface area contributed by atoms with Crippen LogP contribution in [-0.4, -0.2) is 103 Å². The van der Waals surface area contributed by atoms with Gasteiger partial charge in [0.15, 0.2) is 5.82 Å². The maximum absolute atomic E-state index is 12.3. The number of rotatable bonds is 6. The maximum Gasteiger partial charge on any atom is 0.231 e. The highest BCUT2D eigenvalue weighted by molar-refractivity contribution is 5.77. The number of carbonyl (C=O) groups is 1. The van der Waals surface area contributed by atoms with Crippen LogP contribution in [0.5, 0.6) is 0 Å². The van der Waals surface area contributed by atoms with Gasteiger partial charge in [-0.05, 0) is 6.42 Å². The molecule has 0 N–H and O–H groups in total. The molecule has 0 spiro atoms. The third kappa shape index (κ3) is 5.04. The smallest absolute Gasteiger partial charge is 0.231 e. The second-order valence-corrected chi connectivity index (χ2v) is 7.47. The summed E-state index contributed by atoms with van der Waals surface area (Å²) in [6.07, 6.45) is 1.33. The van der Waals surface area contributed by atoms with E-state index < -0.39 is 0 Å². The number of hydrogen-bond donors (Lipinski definition) is 0. The highest BCUT2D eigenvalue weighted by atomic mass is 16.5. The molecule has 3 saturated heterocycles. The second-order valence-electron chi connectivity index (χ2n) is 7.47. The Kier molecular flexibility index (Phi) is 6.33. The van der Waals surface area contributed by atoms with E-state index >= 15 is 0 Å². The number of ether oxygens (including phenoxy) is 2. The van der Waals surface area contributed by atoms with Crippen molar-refractivity contribution in [3.8, 4) is 0 Å². The van der Waals surface area contributed by atoms with Crippen LogP contribution in [0.1, 0.15) is 30.5 Å². The minimum atomic E-state index is 0.137. The predicted octanol–water partition coefficient (Wildman–Crippen LogP) is -0.0600. The van der Waals surface area contributed by atoms with E-state index in [1.165, 1.54) is 0 Å². The van der Waals surface area contributed by atoms with Crippen molar-refractivity contribution in [3.63, 3.8) is 0 Å². The first-order valence-corrected chi connectivity index (χ1v) is 9.98. The van der Waals surface area contributed by atoms with Crippen LogP contribution in [0.15, 0.2) is 4.52 Å². The van der Waals surface area contributed by atoms with Gasteiger partial charge in [0.1, 0.15) is 0 Å². The molecule has 3 fully saturated rings. The van der Waals surface area contributed by atoms with Gasteiger partial charge in [0, 0.05) is 52.2 Å². The summed E-state index contributed by atoms with van der Waals surface area (Å²) in [7, 11) is 0. The zero-order chi connectivity index (χ0) is 18.5. The first-order valence-electron chi connectivity index (χ1n) is 9.98. The van der Waals surface area contributed by atoms with Crippen LogP contribution in [-0.2, 0) is 20.8 Å². The molecule has 9 nitrogen and oxygen atoms in total. The highest BCUT2D eigenvalue weighted by Crippen LogP contribution is 2.26. The second kappa shape index (κ2) is 9.09. The highest BCUT2D eigenvalue weighted by Gasteiger charge is 2.30. The molecule has 0 radical (unpaired) electrons. The summed E-state index contributed by atoms with van der Waals surface area (Å²) in [6, 6.07) is 0. The molecule has 4 heterocycles. The zero-order valence-electron chi connectivity index (χ0n) is 15.8. The predicted molar refractivity (Wildman–Crippen MR) is 96.2 cm³/mol. The van der Waals surface area contributed by atoms with Gasteiger partial charge >= 0.3 is 0 Å². The molecule has 9 heteroatoms. The summed E-state index contributed by atoms with van der Waals surface area (Å²) >= 11 is 0. The normalized spacial score (nSPS) is 25.9. The average Bonchev–Trinajstić information content (AvgIpc) is 3.17. The van der Waals surface area contributed by atoms with Crippen LogP contribution in [0, 0.1) is 0 Å². The summed E-state index contributed by atoms with van der Waals surface area (Å²) in [5, 5.41) is 4.15. The number of nitrogens with zero attached hydrogens (tertiary/aromatic N) is 5. The van der Waals surface area contributed by atoms with Crippen LogP contribution < -0.4 is 0 Å². The Morgan fingerprint density at radius 3 is 2.41 bits per heavy atom. The van der Waals surface area contributed by atoms with E-state index in [9.17, 15) is 4.79 Å². The Balaban J connectivity index is 1.30. The number of likely N-dealkylation sites (tertiary alicyclic amines) is 1. The fourth-order valence-corrected chi connectivity index (χ4v) is 3.88. The Morgan fingerprint density at radius 1 is 0.963 bits per heavy atom. The van der Waals surface area contributed by atoms with Gasteiger partial charge in [-0.3, -0.25) is 14.6 Å². The molecule has 0 unspecified atom stereocenters. The lowest BCUT2D eigenvalue weighted by molar-refractivity contribution is -0.134. The van der Waals surface area contributed by atoms with Crippen molar-refractivity contribution in [2.75, 3.05) is 72.2 Å². The van der Waals surface area contributed by atoms with E-state index in [0.717, 1.165) is 77.9 Å². The van der Waals surface area contributed by atoms with Crippen LogP contribution in [0.4, 0.5) is 0 Å². The van der Waals surface area contributed by atoms with Gasteiger partial charge in [-0.25, -0.2) is 0 Å². The number of aromatic nitrogens is 2. The first-order chi connectivity index (χ1) is 13.3. The Morgan fingerprint density at radius 2 is 1.67 bits per heavy atom. The van der Waals surface area contributed by atoms with Gasteiger partial charge in [-0.2, -0.15) is 4.98 Å². The quantitative estimate of drug-likeness (QED) is 0.680. The van der Waals surface area contributed by atoms with E-state index in [1.807, 2.05) is 4.90 Å². The van der Waals surface area contributed by atoms with Crippen LogP contribution in [0.2, 0.25) is 0 Å². The van der Waals surface area contributed by atoms with E-state index in [2.05, 4.69) is 19.9 Å². The fraction of sp³-hybridized carbons (Fsp3) is 0.833. The SMILES string of the molecule is O=C1CC[C@@H](c2nc(CN3CCOCC3)no2)CN1CCN1CCOCC1. The third-order valence-electron chi connectivity index (χ3n) is 5.59. The lowest BCUT2D eigenvalue weighted by Gasteiger charge is -2.34. The monoisotopic (exact) mass is 379 g/mol. The van der Waals surface area contributed by atoms with E-state index in [1.54, 1.807) is 0 Å². The maximum atomic E-state index is 12.3. The summed E-state index contributed by atoms with van der Waals surface area (Å²) in [4.78, 5) is 23.5. The number of amides is 1. The van der Waals surface area contributed by atoms with Crippen LogP contribution in [0.25, 0.3) is 0 Å². The van der Waals surface area contributed by atoms with Crippen molar-refractivity contribution >= 4 is 5.91 Å². The Labute approximate surface area is 159 Å². The molecule has 150 valence electrons. The molecule has 3 aliphatic heterocycles. The average molecular weight is 379 g/mol. The van der Waals surface area contributed by atoms with E-state index in [-0.39, 0.29) is 11.8 Å². The van der Waals surface area contributed by atoms with Crippen LogP contribution >= 0.6 is 0 Å². The minimum Gasteiger partial charge on any atom is -0.379 e. The number of morpholine rings is 2. The largest absolute Gasteiger partial charge is 0.379 e. The molecule has 1 atom stereocenters. The molecule has 0 saturated carbocycles. The molecule has 27 heavy (non-hydrogen) atoms. The van der Waals surface area contributed by atoms with Crippen molar-refractivity contribution in [1.82, 2.24) is 24.8 Å². The lowest BCUT2D eigenvalue weighted by Crippen LogP contribution is -2.46. The molecule has 4 rings (SSSR count). The van der Waals surface area contributed by atoms with Gasteiger partial charge < -0.3 is 18.9 Å². The Hall–Kier alpha value is -1.55. The summed E-state index contributed by atoms with van der Waals surface area (Å²) in [6.45, 7) is 9.78. The Bertz CT molecular complexity index is 613. The minimum absolute atomic E-state index is 0.137.